The fourth-order valence-corrected chi connectivity index (χ4v) is 4.80. The van der Waals surface area contributed by atoms with E-state index in [2.05, 4.69) is 41.4 Å². The van der Waals surface area contributed by atoms with E-state index in [1.54, 1.807) is 12.4 Å². The molecule has 5 aromatic rings. The van der Waals surface area contributed by atoms with Gasteiger partial charge in [0, 0.05) is 35.5 Å². The monoisotopic (exact) mass is 472 g/mol. The van der Waals surface area contributed by atoms with Crippen LogP contribution in [-0.2, 0) is 12.0 Å². The van der Waals surface area contributed by atoms with Gasteiger partial charge in [0.05, 0.1) is 23.5 Å². The van der Waals surface area contributed by atoms with Crippen LogP contribution in [0.5, 0.6) is 5.75 Å². The molecule has 1 fully saturated rings. The second-order valence-electron chi connectivity index (χ2n) is 9.45. The van der Waals surface area contributed by atoms with E-state index in [9.17, 15) is 0 Å². The van der Waals surface area contributed by atoms with Crippen molar-refractivity contribution in [1.29, 1.82) is 0 Å². The van der Waals surface area contributed by atoms with E-state index in [0.717, 1.165) is 58.6 Å². The first kappa shape index (κ1) is 22.4. The van der Waals surface area contributed by atoms with Crippen LogP contribution < -0.4 is 10.5 Å². The lowest BCUT2D eigenvalue weighted by Crippen LogP contribution is -2.43. The van der Waals surface area contributed by atoms with Crippen LogP contribution >= 0.6 is 0 Å². The van der Waals surface area contributed by atoms with E-state index in [1.807, 2.05) is 48.5 Å². The van der Waals surface area contributed by atoms with Crippen LogP contribution in [0.3, 0.4) is 0 Å². The van der Waals surface area contributed by atoms with Crippen molar-refractivity contribution in [3.05, 3.63) is 108 Å². The van der Waals surface area contributed by atoms with E-state index in [4.69, 9.17) is 20.4 Å². The van der Waals surface area contributed by atoms with Gasteiger partial charge in [0.2, 0.25) is 0 Å². The molecule has 2 aromatic heterocycles. The average Bonchev–Trinajstić information content (AvgIpc) is 2.92. The van der Waals surface area contributed by atoms with Gasteiger partial charge in [-0.05, 0) is 54.7 Å². The second-order valence-corrected chi connectivity index (χ2v) is 9.45. The van der Waals surface area contributed by atoms with Crippen LogP contribution in [0.1, 0.15) is 30.4 Å². The first-order chi connectivity index (χ1) is 17.7. The van der Waals surface area contributed by atoms with Crippen LogP contribution in [0.25, 0.3) is 33.5 Å². The predicted molar refractivity (Wildman–Crippen MR) is 144 cm³/mol. The Kier molecular flexibility index (Phi) is 5.91. The van der Waals surface area contributed by atoms with E-state index in [0.29, 0.717) is 6.61 Å². The van der Waals surface area contributed by atoms with Gasteiger partial charge >= 0.3 is 0 Å². The third-order valence-electron chi connectivity index (χ3n) is 7.08. The largest absolute Gasteiger partial charge is 0.491 e. The minimum absolute atomic E-state index is 0.189. The van der Waals surface area contributed by atoms with Gasteiger partial charge in [-0.1, -0.05) is 60.7 Å². The molecule has 1 saturated carbocycles. The highest BCUT2D eigenvalue weighted by Crippen LogP contribution is 2.40. The number of nitrogens with two attached hydrogens (primary N) is 1. The standard InChI is InChI=1S/C31H28N4O/c32-31(17-5-18-31)25-12-10-24(11-13-25)29-28(23-6-2-1-3-7-23)34-26-8-4-9-27(30(26)35-29)36-21-16-22-14-19-33-20-15-22/h1-4,6-15,19-20H,5,16-18,21,32H2. The van der Waals surface area contributed by atoms with Crippen LogP contribution in [0, 0.1) is 0 Å². The van der Waals surface area contributed by atoms with Crippen molar-refractivity contribution in [3.8, 4) is 28.3 Å². The van der Waals surface area contributed by atoms with Crippen molar-refractivity contribution < 1.29 is 4.74 Å². The Morgan fingerprint density at radius 3 is 2.19 bits per heavy atom. The lowest BCUT2D eigenvalue weighted by molar-refractivity contribution is 0.253. The van der Waals surface area contributed by atoms with Gasteiger partial charge in [0.1, 0.15) is 11.3 Å². The van der Waals surface area contributed by atoms with E-state index in [1.165, 1.54) is 17.5 Å². The Balaban J connectivity index is 1.40. The summed E-state index contributed by atoms with van der Waals surface area (Å²) in [5.74, 6) is 0.738. The molecule has 2 heterocycles. The summed E-state index contributed by atoms with van der Waals surface area (Å²) in [6, 6.07) is 28.7. The first-order valence-electron chi connectivity index (χ1n) is 12.5. The molecule has 0 unspecified atom stereocenters. The normalized spacial score (nSPS) is 14.4. The van der Waals surface area contributed by atoms with Gasteiger partial charge in [0.25, 0.3) is 0 Å². The zero-order valence-corrected chi connectivity index (χ0v) is 20.1. The molecule has 0 amide bonds. The molecule has 1 aliphatic carbocycles. The first-order valence-corrected chi connectivity index (χ1v) is 12.5. The highest BCUT2D eigenvalue weighted by atomic mass is 16.5. The van der Waals surface area contributed by atoms with Crippen molar-refractivity contribution in [2.24, 2.45) is 5.73 Å². The Bertz CT molecular complexity index is 1480. The van der Waals surface area contributed by atoms with Crippen molar-refractivity contribution in [2.75, 3.05) is 6.61 Å². The van der Waals surface area contributed by atoms with Gasteiger partial charge in [-0.2, -0.15) is 0 Å². The number of aromatic nitrogens is 3. The van der Waals surface area contributed by atoms with Crippen molar-refractivity contribution >= 4 is 11.0 Å². The lowest BCUT2D eigenvalue weighted by atomic mass is 9.72. The fraction of sp³-hybridized carbons (Fsp3) is 0.194. The average molecular weight is 473 g/mol. The van der Waals surface area contributed by atoms with Crippen LogP contribution in [0.4, 0.5) is 0 Å². The molecule has 36 heavy (non-hydrogen) atoms. The molecule has 0 aliphatic heterocycles. The molecule has 0 radical (unpaired) electrons. The fourth-order valence-electron chi connectivity index (χ4n) is 4.80. The summed E-state index contributed by atoms with van der Waals surface area (Å²) in [7, 11) is 0. The van der Waals surface area contributed by atoms with Gasteiger partial charge in [-0.15, -0.1) is 0 Å². The Hall–Kier alpha value is -4.09. The molecule has 5 heteroatoms. The second kappa shape index (κ2) is 9.51. The number of pyridine rings is 1. The molecule has 0 spiro atoms. The molecule has 0 saturated heterocycles. The summed E-state index contributed by atoms with van der Waals surface area (Å²) < 4.78 is 6.21. The minimum atomic E-state index is -0.189. The number of nitrogens with zero attached hydrogens (tertiary/aromatic N) is 3. The van der Waals surface area contributed by atoms with Crippen LogP contribution in [0.15, 0.2) is 97.3 Å². The molecular formula is C31H28N4O. The molecule has 178 valence electrons. The van der Waals surface area contributed by atoms with Gasteiger partial charge in [0.15, 0.2) is 0 Å². The Morgan fingerprint density at radius 2 is 1.47 bits per heavy atom. The number of fused-ring (bicyclic) bond motifs is 1. The summed E-state index contributed by atoms with van der Waals surface area (Å²) in [5, 5.41) is 0. The zero-order valence-electron chi connectivity index (χ0n) is 20.1. The zero-order chi connectivity index (χ0) is 24.4. The quantitative estimate of drug-likeness (QED) is 0.300. The molecule has 6 rings (SSSR count). The minimum Gasteiger partial charge on any atom is -0.491 e. The lowest BCUT2D eigenvalue weighted by Gasteiger charge is -2.38. The number of hydrogen-bond donors (Lipinski definition) is 1. The molecule has 5 nitrogen and oxygen atoms in total. The van der Waals surface area contributed by atoms with E-state index in [-0.39, 0.29) is 5.54 Å². The summed E-state index contributed by atoms with van der Waals surface area (Å²) in [4.78, 5) is 14.3. The maximum absolute atomic E-state index is 6.57. The Labute approximate surface area is 211 Å². The molecule has 0 bridgehead atoms. The summed E-state index contributed by atoms with van der Waals surface area (Å²) in [5.41, 5.74) is 14.1. The Morgan fingerprint density at radius 1 is 0.750 bits per heavy atom. The molecule has 1 aliphatic rings. The summed E-state index contributed by atoms with van der Waals surface area (Å²) in [6.07, 6.45) is 7.67. The predicted octanol–water partition coefficient (Wildman–Crippen LogP) is 6.32. The number of hydrogen-bond acceptors (Lipinski definition) is 5. The maximum atomic E-state index is 6.57. The van der Waals surface area contributed by atoms with Crippen molar-refractivity contribution in [2.45, 2.75) is 31.2 Å². The number of benzene rings is 3. The number of rotatable bonds is 7. The topological polar surface area (TPSA) is 73.9 Å². The summed E-state index contributed by atoms with van der Waals surface area (Å²) in [6.45, 7) is 0.549. The third-order valence-corrected chi connectivity index (χ3v) is 7.08. The van der Waals surface area contributed by atoms with Crippen LogP contribution in [-0.4, -0.2) is 21.6 Å². The van der Waals surface area contributed by atoms with Gasteiger partial charge in [-0.3, -0.25) is 4.98 Å². The summed E-state index contributed by atoms with van der Waals surface area (Å²) >= 11 is 0. The smallest absolute Gasteiger partial charge is 0.147 e. The van der Waals surface area contributed by atoms with Crippen LogP contribution in [0.2, 0.25) is 0 Å². The maximum Gasteiger partial charge on any atom is 0.147 e. The van der Waals surface area contributed by atoms with Crippen molar-refractivity contribution in [1.82, 2.24) is 15.0 Å². The molecule has 3 aromatic carbocycles. The van der Waals surface area contributed by atoms with E-state index < -0.39 is 0 Å². The molecular weight excluding hydrogens is 444 g/mol. The van der Waals surface area contributed by atoms with Crippen molar-refractivity contribution in [3.63, 3.8) is 0 Å². The highest BCUT2D eigenvalue weighted by Gasteiger charge is 2.34. The number of para-hydroxylation sites is 1. The van der Waals surface area contributed by atoms with Gasteiger partial charge < -0.3 is 10.5 Å². The van der Waals surface area contributed by atoms with E-state index >= 15 is 0 Å². The third kappa shape index (κ3) is 4.34. The highest BCUT2D eigenvalue weighted by molar-refractivity contribution is 5.89. The molecule has 0 atom stereocenters. The molecule has 2 N–H and O–H groups in total. The van der Waals surface area contributed by atoms with Gasteiger partial charge in [-0.25, -0.2) is 9.97 Å². The SMILES string of the molecule is NC1(c2ccc(-c3nc4c(OCCc5ccncc5)cccc4nc3-c3ccccc3)cc2)CCC1. The number of ether oxygens (including phenoxy) is 1.